The van der Waals surface area contributed by atoms with Crippen LogP contribution in [0, 0.1) is 11.8 Å². The molecule has 3 heteroatoms. The van der Waals surface area contributed by atoms with Crippen LogP contribution in [0.2, 0.25) is 0 Å². The Kier molecular flexibility index (Phi) is 5.81. The molecule has 3 nitrogen and oxygen atoms in total. The van der Waals surface area contributed by atoms with Crippen LogP contribution in [-0.2, 0) is 4.79 Å². The fourth-order valence-corrected chi connectivity index (χ4v) is 2.37. The lowest BCUT2D eigenvalue weighted by Gasteiger charge is -2.31. The average Bonchev–Trinajstić information content (AvgIpc) is 2.35. The summed E-state index contributed by atoms with van der Waals surface area (Å²) in [4.78, 5) is 11.7. The zero-order valence-electron chi connectivity index (χ0n) is 10.9. The van der Waals surface area contributed by atoms with Gasteiger partial charge in [0.05, 0.1) is 5.92 Å². The predicted molar refractivity (Wildman–Crippen MR) is 67.3 cm³/mol. The van der Waals surface area contributed by atoms with Crippen LogP contribution in [-0.4, -0.2) is 25.5 Å². The van der Waals surface area contributed by atoms with Crippen LogP contribution < -0.4 is 10.6 Å². The third-order valence-corrected chi connectivity index (χ3v) is 3.77. The monoisotopic (exact) mass is 226 g/mol. The molecule has 1 rings (SSSR count). The SMILES string of the molecule is CCC(C)CNC1CCCCC1C(=O)NC. The molecule has 3 unspecified atom stereocenters. The highest BCUT2D eigenvalue weighted by molar-refractivity contribution is 5.79. The van der Waals surface area contributed by atoms with E-state index in [1.54, 1.807) is 7.05 Å². The van der Waals surface area contributed by atoms with Gasteiger partial charge in [0.15, 0.2) is 0 Å². The molecule has 1 amide bonds. The van der Waals surface area contributed by atoms with E-state index < -0.39 is 0 Å². The minimum absolute atomic E-state index is 0.183. The summed E-state index contributed by atoms with van der Waals surface area (Å²) in [5.74, 6) is 1.09. The van der Waals surface area contributed by atoms with Gasteiger partial charge in [0, 0.05) is 13.1 Å². The average molecular weight is 226 g/mol. The van der Waals surface area contributed by atoms with Gasteiger partial charge in [-0.25, -0.2) is 0 Å². The van der Waals surface area contributed by atoms with E-state index in [9.17, 15) is 4.79 Å². The number of hydrogen-bond donors (Lipinski definition) is 2. The highest BCUT2D eigenvalue weighted by Gasteiger charge is 2.29. The molecule has 0 aromatic rings. The second-order valence-corrected chi connectivity index (χ2v) is 5.03. The smallest absolute Gasteiger partial charge is 0.224 e. The Morgan fingerprint density at radius 1 is 1.38 bits per heavy atom. The fourth-order valence-electron chi connectivity index (χ4n) is 2.37. The minimum Gasteiger partial charge on any atom is -0.359 e. The summed E-state index contributed by atoms with van der Waals surface area (Å²) in [7, 11) is 1.74. The molecule has 1 aliphatic carbocycles. The molecule has 1 aliphatic rings. The van der Waals surface area contributed by atoms with Gasteiger partial charge in [0.2, 0.25) is 5.91 Å². The second-order valence-electron chi connectivity index (χ2n) is 5.03. The summed E-state index contributed by atoms with van der Waals surface area (Å²) < 4.78 is 0. The molecular formula is C13H26N2O. The van der Waals surface area contributed by atoms with Gasteiger partial charge in [-0.3, -0.25) is 4.79 Å². The summed E-state index contributed by atoms with van der Waals surface area (Å²) >= 11 is 0. The van der Waals surface area contributed by atoms with E-state index in [0.29, 0.717) is 12.0 Å². The number of carbonyl (C=O) groups excluding carboxylic acids is 1. The van der Waals surface area contributed by atoms with E-state index >= 15 is 0 Å². The highest BCUT2D eigenvalue weighted by atomic mass is 16.1. The predicted octanol–water partition coefficient (Wildman–Crippen LogP) is 1.93. The molecule has 0 aliphatic heterocycles. The number of rotatable bonds is 5. The number of amides is 1. The lowest BCUT2D eigenvalue weighted by Crippen LogP contribution is -2.46. The van der Waals surface area contributed by atoms with Crippen molar-refractivity contribution in [3.8, 4) is 0 Å². The molecule has 0 aromatic heterocycles. The molecule has 1 fully saturated rings. The largest absolute Gasteiger partial charge is 0.359 e. The Hall–Kier alpha value is -0.570. The zero-order chi connectivity index (χ0) is 12.0. The van der Waals surface area contributed by atoms with Crippen LogP contribution in [0.15, 0.2) is 0 Å². The van der Waals surface area contributed by atoms with Gasteiger partial charge in [-0.1, -0.05) is 33.1 Å². The van der Waals surface area contributed by atoms with Crippen LogP contribution in [0.1, 0.15) is 46.0 Å². The first kappa shape index (κ1) is 13.5. The Morgan fingerprint density at radius 2 is 2.06 bits per heavy atom. The van der Waals surface area contributed by atoms with Crippen molar-refractivity contribution in [2.24, 2.45) is 11.8 Å². The lowest BCUT2D eigenvalue weighted by molar-refractivity contribution is -0.126. The van der Waals surface area contributed by atoms with Gasteiger partial charge >= 0.3 is 0 Å². The fraction of sp³-hybridized carbons (Fsp3) is 0.923. The first-order valence-corrected chi connectivity index (χ1v) is 6.64. The molecule has 1 saturated carbocycles. The minimum atomic E-state index is 0.183. The van der Waals surface area contributed by atoms with E-state index in [1.165, 1.54) is 19.3 Å². The Labute approximate surface area is 99.4 Å². The van der Waals surface area contributed by atoms with Gasteiger partial charge in [0.25, 0.3) is 0 Å². The molecule has 2 N–H and O–H groups in total. The van der Waals surface area contributed by atoms with Crippen LogP contribution in [0.25, 0.3) is 0 Å². The van der Waals surface area contributed by atoms with Gasteiger partial charge in [-0.2, -0.15) is 0 Å². The molecule has 0 spiro atoms. The van der Waals surface area contributed by atoms with E-state index in [1.807, 2.05) is 0 Å². The number of carbonyl (C=O) groups is 1. The Morgan fingerprint density at radius 3 is 2.69 bits per heavy atom. The summed E-state index contributed by atoms with van der Waals surface area (Å²) in [6.45, 7) is 5.50. The van der Waals surface area contributed by atoms with Crippen molar-refractivity contribution in [1.82, 2.24) is 10.6 Å². The molecule has 0 heterocycles. The molecule has 3 atom stereocenters. The lowest BCUT2D eigenvalue weighted by atomic mass is 9.83. The quantitative estimate of drug-likeness (QED) is 0.752. The van der Waals surface area contributed by atoms with Crippen LogP contribution in [0.4, 0.5) is 0 Å². The molecule has 0 radical (unpaired) electrons. The van der Waals surface area contributed by atoms with Crippen LogP contribution >= 0.6 is 0 Å². The number of nitrogens with one attached hydrogen (secondary N) is 2. The summed E-state index contributed by atoms with van der Waals surface area (Å²) in [6, 6.07) is 0.391. The first-order valence-electron chi connectivity index (χ1n) is 6.64. The molecule has 0 saturated heterocycles. The number of hydrogen-bond acceptors (Lipinski definition) is 2. The highest BCUT2D eigenvalue weighted by Crippen LogP contribution is 2.24. The maximum Gasteiger partial charge on any atom is 0.224 e. The summed E-state index contributed by atoms with van der Waals surface area (Å²) in [5.41, 5.74) is 0. The third-order valence-electron chi connectivity index (χ3n) is 3.77. The van der Waals surface area contributed by atoms with Gasteiger partial charge in [-0.15, -0.1) is 0 Å². The molecule has 0 aromatic carbocycles. The Balaban J connectivity index is 2.44. The van der Waals surface area contributed by atoms with E-state index in [2.05, 4.69) is 24.5 Å². The van der Waals surface area contributed by atoms with Crippen LogP contribution in [0.3, 0.4) is 0 Å². The molecule has 94 valence electrons. The second kappa shape index (κ2) is 6.89. The van der Waals surface area contributed by atoms with Gasteiger partial charge < -0.3 is 10.6 Å². The standard InChI is InChI=1S/C13H26N2O/c1-4-10(2)9-15-12-8-6-5-7-11(12)13(16)14-3/h10-12,15H,4-9H2,1-3H3,(H,14,16). The summed E-state index contributed by atoms with van der Waals surface area (Å²) in [5, 5.41) is 6.36. The zero-order valence-corrected chi connectivity index (χ0v) is 10.9. The summed E-state index contributed by atoms with van der Waals surface area (Å²) in [6.07, 6.45) is 5.84. The molecule has 16 heavy (non-hydrogen) atoms. The maximum atomic E-state index is 11.7. The maximum absolute atomic E-state index is 11.7. The van der Waals surface area contributed by atoms with Crippen LogP contribution in [0.5, 0.6) is 0 Å². The third kappa shape index (κ3) is 3.78. The molecule has 0 bridgehead atoms. The van der Waals surface area contributed by atoms with Crippen molar-refractivity contribution in [3.63, 3.8) is 0 Å². The van der Waals surface area contributed by atoms with Gasteiger partial charge in [-0.05, 0) is 25.3 Å². The van der Waals surface area contributed by atoms with E-state index in [0.717, 1.165) is 19.4 Å². The van der Waals surface area contributed by atoms with Gasteiger partial charge in [0.1, 0.15) is 0 Å². The Bertz CT molecular complexity index is 218. The first-order chi connectivity index (χ1) is 7.69. The molecular weight excluding hydrogens is 200 g/mol. The normalized spacial score (nSPS) is 27.4. The van der Waals surface area contributed by atoms with Crippen molar-refractivity contribution in [1.29, 1.82) is 0 Å². The topological polar surface area (TPSA) is 41.1 Å². The van der Waals surface area contributed by atoms with Crippen molar-refractivity contribution < 1.29 is 4.79 Å². The van der Waals surface area contributed by atoms with Crippen molar-refractivity contribution in [2.75, 3.05) is 13.6 Å². The van der Waals surface area contributed by atoms with Crippen molar-refractivity contribution >= 4 is 5.91 Å². The van der Waals surface area contributed by atoms with E-state index in [4.69, 9.17) is 0 Å². The van der Waals surface area contributed by atoms with Crippen molar-refractivity contribution in [2.45, 2.75) is 52.0 Å². The van der Waals surface area contributed by atoms with E-state index in [-0.39, 0.29) is 11.8 Å². The van der Waals surface area contributed by atoms with Crippen molar-refractivity contribution in [3.05, 3.63) is 0 Å².